The topological polar surface area (TPSA) is 66.5 Å². The number of hydrogen-bond acceptors (Lipinski definition) is 3. The third-order valence-corrected chi connectivity index (χ3v) is 5.79. The van der Waals surface area contributed by atoms with E-state index in [2.05, 4.69) is 4.72 Å². The third kappa shape index (κ3) is 3.75. The minimum atomic E-state index is -3.72. The van der Waals surface area contributed by atoms with Crippen LogP contribution in [0, 0.1) is 20.8 Å². The van der Waals surface area contributed by atoms with Gasteiger partial charge in [0.05, 0.1) is 4.90 Å². The van der Waals surface area contributed by atoms with Crippen molar-refractivity contribution in [1.82, 2.24) is 4.72 Å². The van der Waals surface area contributed by atoms with Gasteiger partial charge in [-0.25, -0.2) is 8.42 Å². The average molecular weight is 358 g/mol. The molecule has 1 atom stereocenters. The van der Waals surface area contributed by atoms with E-state index in [1.807, 2.05) is 45.0 Å². The normalized spacial score (nSPS) is 18.0. The maximum absolute atomic E-state index is 12.7. The SMILES string of the molecule is Cc1cc(C)cc(N2CC[C@@H](NS(=O)(=O)c3cccc(C)c3)C2=O)c1. The molecule has 1 aliphatic rings. The van der Waals surface area contributed by atoms with E-state index in [9.17, 15) is 13.2 Å². The van der Waals surface area contributed by atoms with Crippen LogP contribution in [0.25, 0.3) is 0 Å². The molecule has 0 unspecified atom stereocenters. The first-order chi connectivity index (χ1) is 11.8. The summed E-state index contributed by atoms with van der Waals surface area (Å²) >= 11 is 0. The number of nitrogens with one attached hydrogen (secondary N) is 1. The summed E-state index contributed by atoms with van der Waals surface area (Å²) in [6, 6.07) is 11.9. The molecule has 0 bridgehead atoms. The molecule has 6 heteroatoms. The summed E-state index contributed by atoms with van der Waals surface area (Å²) in [5.74, 6) is -0.207. The van der Waals surface area contributed by atoms with E-state index in [1.165, 1.54) is 6.07 Å². The highest BCUT2D eigenvalue weighted by Crippen LogP contribution is 2.25. The van der Waals surface area contributed by atoms with Gasteiger partial charge in [-0.1, -0.05) is 18.2 Å². The Morgan fingerprint density at radius 1 is 1.00 bits per heavy atom. The molecular formula is C19H22N2O3S. The largest absolute Gasteiger partial charge is 0.311 e. The molecule has 3 rings (SSSR count). The van der Waals surface area contributed by atoms with Gasteiger partial charge in [-0.3, -0.25) is 4.79 Å². The number of rotatable bonds is 4. The van der Waals surface area contributed by atoms with E-state index >= 15 is 0 Å². The Hall–Kier alpha value is -2.18. The second-order valence-electron chi connectivity index (χ2n) is 6.61. The van der Waals surface area contributed by atoms with Gasteiger partial charge >= 0.3 is 0 Å². The van der Waals surface area contributed by atoms with Crippen LogP contribution in [0.4, 0.5) is 5.69 Å². The van der Waals surface area contributed by atoms with Crippen LogP contribution in [0.5, 0.6) is 0 Å². The Morgan fingerprint density at radius 2 is 1.68 bits per heavy atom. The van der Waals surface area contributed by atoms with Gasteiger partial charge in [0.2, 0.25) is 15.9 Å². The van der Waals surface area contributed by atoms with Crippen molar-refractivity contribution < 1.29 is 13.2 Å². The van der Waals surface area contributed by atoms with Gasteiger partial charge in [-0.2, -0.15) is 4.72 Å². The number of amides is 1. The Labute approximate surface area is 148 Å². The molecule has 0 saturated carbocycles. The van der Waals surface area contributed by atoms with E-state index in [0.29, 0.717) is 13.0 Å². The molecular weight excluding hydrogens is 336 g/mol. The molecule has 1 heterocycles. The smallest absolute Gasteiger partial charge is 0.245 e. The minimum Gasteiger partial charge on any atom is -0.311 e. The van der Waals surface area contributed by atoms with E-state index in [1.54, 1.807) is 17.0 Å². The number of aryl methyl sites for hydroxylation is 3. The van der Waals surface area contributed by atoms with Gasteiger partial charge in [-0.15, -0.1) is 0 Å². The maximum Gasteiger partial charge on any atom is 0.245 e. The fraction of sp³-hybridized carbons (Fsp3) is 0.316. The predicted molar refractivity (Wildman–Crippen MR) is 98.2 cm³/mol. The first-order valence-electron chi connectivity index (χ1n) is 8.25. The molecule has 0 aromatic heterocycles. The fourth-order valence-electron chi connectivity index (χ4n) is 3.19. The van der Waals surface area contributed by atoms with Gasteiger partial charge in [0.1, 0.15) is 6.04 Å². The standard InChI is InChI=1S/C19H22N2O3S/c1-13-5-4-6-17(12-13)25(23,24)20-18-7-8-21(19(18)22)16-10-14(2)9-15(3)11-16/h4-6,9-12,18,20H,7-8H2,1-3H3/t18-/m1/s1. The average Bonchev–Trinajstić information content (AvgIpc) is 2.87. The summed E-state index contributed by atoms with van der Waals surface area (Å²) in [5.41, 5.74) is 3.83. The molecule has 0 radical (unpaired) electrons. The van der Waals surface area contributed by atoms with E-state index in [0.717, 1.165) is 22.4 Å². The maximum atomic E-state index is 12.7. The van der Waals surface area contributed by atoms with Crippen molar-refractivity contribution in [2.75, 3.05) is 11.4 Å². The quantitative estimate of drug-likeness (QED) is 0.914. The molecule has 132 valence electrons. The number of carbonyl (C=O) groups excluding carboxylic acids is 1. The predicted octanol–water partition coefficient (Wildman–Crippen LogP) is 2.70. The molecule has 1 amide bonds. The molecule has 1 N–H and O–H groups in total. The zero-order valence-electron chi connectivity index (χ0n) is 14.6. The van der Waals surface area contributed by atoms with Gasteiger partial charge in [-0.05, 0) is 68.1 Å². The van der Waals surface area contributed by atoms with Crippen LogP contribution in [0.1, 0.15) is 23.1 Å². The van der Waals surface area contributed by atoms with Gasteiger partial charge < -0.3 is 4.90 Å². The van der Waals surface area contributed by atoms with Crippen LogP contribution in [0.2, 0.25) is 0 Å². The Balaban J connectivity index is 1.80. The fourth-order valence-corrected chi connectivity index (χ4v) is 4.52. The molecule has 1 aliphatic heterocycles. The van der Waals surface area contributed by atoms with Crippen LogP contribution in [-0.2, 0) is 14.8 Å². The van der Waals surface area contributed by atoms with Crippen LogP contribution in [-0.4, -0.2) is 26.9 Å². The Bertz CT molecular complexity index is 902. The lowest BCUT2D eigenvalue weighted by Gasteiger charge is -2.18. The molecule has 25 heavy (non-hydrogen) atoms. The van der Waals surface area contributed by atoms with E-state index in [4.69, 9.17) is 0 Å². The molecule has 1 saturated heterocycles. The Kier molecular flexibility index (Phi) is 4.67. The lowest BCUT2D eigenvalue weighted by atomic mass is 10.1. The summed E-state index contributed by atoms with van der Waals surface area (Å²) in [7, 11) is -3.72. The van der Waals surface area contributed by atoms with E-state index < -0.39 is 16.1 Å². The monoisotopic (exact) mass is 358 g/mol. The molecule has 2 aromatic carbocycles. The molecule has 0 spiro atoms. The number of sulfonamides is 1. The Morgan fingerprint density at radius 3 is 2.32 bits per heavy atom. The van der Waals surface area contributed by atoms with Crippen molar-refractivity contribution in [2.24, 2.45) is 0 Å². The van der Waals surface area contributed by atoms with Crippen molar-refractivity contribution in [2.45, 2.75) is 38.1 Å². The third-order valence-electron chi connectivity index (χ3n) is 4.32. The summed E-state index contributed by atoms with van der Waals surface area (Å²) in [6.45, 7) is 6.30. The van der Waals surface area contributed by atoms with E-state index in [-0.39, 0.29) is 10.8 Å². The molecule has 0 aliphatic carbocycles. The highest BCUT2D eigenvalue weighted by Gasteiger charge is 2.35. The van der Waals surface area contributed by atoms with Crippen LogP contribution < -0.4 is 9.62 Å². The number of benzene rings is 2. The summed E-state index contributed by atoms with van der Waals surface area (Å²) < 4.78 is 27.7. The van der Waals surface area contributed by atoms with Crippen LogP contribution in [0.15, 0.2) is 47.4 Å². The first-order valence-corrected chi connectivity index (χ1v) is 9.73. The van der Waals surface area contributed by atoms with Crippen molar-refractivity contribution >= 4 is 21.6 Å². The van der Waals surface area contributed by atoms with Crippen molar-refractivity contribution in [1.29, 1.82) is 0 Å². The van der Waals surface area contributed by atoms with Crippen molar-refractivity contribution in [3.8, 4) is 0 Å². The highest BCUT2D eigenvalue weighted by molar-refractivity contribution is 7.89. The van der Waals surface area contributed by atoms with Gasteiger partial charge in [0, 0.05) is 12.2 Å². The van der Waals surface area contributed by atoms with Crippen molar-refractivity contribution in [3.63, 3.8) is 0 Å². The summed E-state index contributed by atoms with van der Waals surface area (Å²) in [6.07, 6.45) is 0.455. The van der Waals surface area contributed by atoms with Gasteiger partial charge in [0.15, 0.2) is 0 Å². The summed E-state index contributed by atoms with van der Waals surface area (Å²) in [5, 5.41) is 0. The lowest BCUT2D eigenvalue weighted by Crippen LogP contribution is -2.41. The number of hydrogen-bond donors (Lipinski definition) is 1. The number of carbonyl (C=O) groups is 1. The zero-order valence-corrected chi connectivity index (χ0v) is 15.4. The van der Waals surface area contributed by atoms with Crippen LogP contribution >= 0.6 is 0 Å². The summed E-state index contributed by atoms with van der Waals surface area (Å²) in [4.78, 5) is 14.5. The second-order valence-corrected chi connectivity index (χ2v) is 8.33. The second kappa shape index (κ2) is 6.61. The lowest BCUT2D eigenvalue weighted by molar-refractivity contribution is -0.118. The minimum absolute atomic E-state index is 0.185. The van der Waals surface area contributed by atoms with Gasteiger partial charge in [0.25, 0.3) is 0 Å². The number of anilines is 1. The first kappa shape index (κ1) is 17.6. The highest BCUT2D eigenvalue weighted by atomic mass is 32.2. The zero-order chi connectivity index (χ0) is 18.2. The van der Waals surface area contributed by atoms with Crippen LogP contribution in [0.3, 0.4) is 0 Å². The molecule has 2 aromatic rings. The molecule has 5 nitrogen and oxygen atoms in total. The molecule has 1 fully saturated rings. The van der Waals surface area contributed by atoms with Crippen molar-refractivity contribution in [3.05, 3.63) is 59.2 Å². The number of nitrogens with zero attached hydrogens (tertiary/aromatic N) is 1.